The third-order valence-corrected chi connectivity index (χ3v) is 9.73. The van der Waals surface area contributed by atoms with Crippen LogP contribution < -0.4 is 4.90 Å². The number of fused-ring (bicyclic) bond motifs is 4. The van der Waals surface area contributed by atoms with Crippen molar-refractivity contribution in [2.45, 2.75) is 0 Å². The molecule has 0 aliphatic carbocycles. The lowest BCUT2D eigenvalue weighted by molar-refractivity contribution is 1.16. The van der Waals surface area contributed by atoms with Crippen LogP contribution in [0.3, 0.4) is 0 Å². The van der Waals surface area contributed by atoms with Gasteiger partial charge in [-0.2, -0.15) is 0 Å². The van der Waals surface area contributed by atoms with Gasteiger partial charge in [-0.3, -0.25) is 0 Å². The average molecular weight is 639 g/mol. The fraction of sp³-hybridized carbons (Fsp3) is 0. The van der Waals surface area contributed by atoms with Gasteiger partial charge in [-0.1, -0.05) is 121 Å². The summed E-state index contributed by atoms with van der Waals surface area (Å²) in [5.41, 5.74) is 11.9. The molecule has 0 radical (unpaired) electrons. The summed E-state index contributed by atoms with van der Waals surface area (Å²) in [5.74, 6) is 0.696. The summed E-state index contributed by atoms with van der Waals surface area (Å²) in [6, 6.07) is 59.7. The molecule has 9 aromatic rings. The Labute approximate surface area is 289 Å². The van der Waals surface area contributed by atoms with Gasteiger partial charge in [-0.15, -0.1) is 0 Å². The molecule has 0 fully saturated rings. The van der Waals surface area contributed by atoms with E-state index in [4.69, 9.17) is 9.97 Å². The van der Waals surface area contributed by atoms with Crippen LogP contribution in [-0.2, 0) is 0 Å². The smallest absolute Gasteiger partial charge is 0.160 e. The Morgan fingerprint density at radius 3 is 1.80 bits per heavy atom. The van der Waals surface area contributed by atoms with E-state index >= 15 is 0 Å². The summed E-state index contributed by atoms with van der Waals surface area (Å²) in [7, 11) is 0. The number of aromatic nitrogens is 3. The molecule has 234 valence electrons. The molecule has 1 aliphatic rings. The molecule has 0 N–H and O–H groups in total. The second-order valence-corrected chi connectivity index (χ2v) is 12.7. The zero-order valence-corrected chi connectivity index (χ0v) is 27.1. The molecule has 0 atom stereocenters. The van der Waals surface area contributed by atoms with Crippen molar-refractivity contribution in [1.82, 2.24) is 14.5 Å². The van der Waals surface area contributed by atoms with Crippen LogP contribution >= 0.6 is 0 Å². The maximum absolute atomic E-state index is 5.13. The van der Waals surface area contributed by atoms with E-state index in [1.807, 2.05) is 12.1 Å². The van der Waals surface area contributed by atoms with Crippen LogP contribution in [0.1, 0.15) is 5.56 Å². The number of nitrogens with zero attached hydrogens (tertiary/aromatic N) is 4. The molecule has 0 spiro atoms. The molecule has 50 heavy (non-hydrogen) atoms. The van der Waals surface area contributed by atoms with Crippen molar-refractivity contribution in [3.63, 3.8) is 0 Å². The van der Waals surface area contributed by atoms with Gasteiger partial charge in [0.1, 0.15) is 0 Å². The molecule has 7 aromatic carbocycles. The monoisotopic (exact) mass is 638 g/mol. The Morgan fingerprint density at radius 2 is 1.06 bits per heavy atom. The molecule has 0 unspecified atom stereocenters. The van der Waals surface area contributed by atoms with Crippen LogP contribution in [0.4, 0.5) is 11.4 Å². The van der Waals surface area contributed by atoms with E-state index in [0.29, 0.717) is 5.82 Å². The van der Waals surface area contributed by atoms with Gasteiger partial charge < -0.3 is 9.47 Å². The summed E-state index contributed by atoms with van der Waals surface area (Å²) in [6.45, 7) is 0. The normalized spacial score (nSPS) is 12.3. The van der Waals surface area contributed by atoms with E-state index in [1.165, 1.54) is 38.3 Å². The van der Waals surface area contributed by atoms with E-state index in [-0.39, 0.29) is 0 Å². The molecule has 0 amide bonds. The molecule has 4 heteroatoms. The summed E-state index contributed by atoms with van der Waals surface area (Å²) >= 11 is 0. The van der Waals surface area contributed by atoms with Gasteiger partial charge in [0, 0.05) is 50.4 Å². The second kappa shape index (κ2) is 11.4. The minimum atomic E-state index is 0.696. The van der Waals surface area contributed by atoms with Crippen LogP contribution in [-0.4, -0.2) is 14.5 Å². The minimum Gasteiger partial charge on any atom is -0.317 e. The lowest BCUT2D eigenvalue weighted by Crippen LogP contribution is -2.11. The molecule has 2 aromatic heterocycles. The van der Waals surface area contributed by atoms with Gasteiger partial charge in [-0.25, -0.2) is 9.97 Å². The SMILES string of the molecule is C1=CN(c2ccccc2)c2cccc3cc4c(c1c23)c1ccccc1n4-c1cccc(-c2nc(-c3ccccc3)cc(-c3ccccc3)n2)c1. The van der Waals surface area contributed by atoms with Gasteiger partial charge in [0.25, 0.3) is 0 Å². The lowest BCUT2D eigenvalue weighted by atomic mass is 9.94. The number of anilines is 2. The molecule has 0 bridgehead atoms. The first-order valence-corrected chi connectivity index (χ1v) is 16.9. The van der Waals surface area contributed by atoms with Gasteiger partial charge in [-0.05, 0) is 65.6 Å². The minimum absolute atomic E-state index is 0.696. The Kier molecular flexibility index (Phi) is 6.46. The third-order valence-electron chi connectivity index (χ3n) is 9.73. The van der Waals surface area contributed by atoms with Crippen molar-refractivity contribution in [2.75, 3.05) is 4.90 Å². The number of rotatable bonds is 5. The largest absolute Gasteiger partial charge is 0.317 e. The maximum Gasteiger partial charge on any atom is 0.160 e. The number of hydrogen-bond acceptors (Lipinski definition) is 3. The Hall–Kier alpha value is -6.78. The zero-order valence-electron chi connectivity index (χ0n) is 27.1. The van der Waals surface area contributed by atoms with E-state index < -0.39 is 0 Å². The Bertz CT molecular complexity index is 2690. The van der Waals surface area contributed by atoms with Crippen LogP contribution in [0.5, 0.6) is 0 Å². The average Bonchev–Trinajstić information content (AvgIpc) is 3.53. The van der Waals surface area contributed by atoms with Crippen molar-refractivity contribution in [3.8, 4) is 39.6 Å². The molecular formula is C46H30N4. The van der Waals surface area contributed by atoms with Crippen LogP contribution in [0.25, 0.3) is 78.2 Å². The Balaban J connectivity index is 1.19. The lowest BCUT2D eigenvalue weighted by Gasteiger charge is -2.27. The summed E-state index contributed by atoms with van der Waals surface area (Å²) in [6.07, 6.45) is 4.49. The van der Waals surface area contributed by atoms with E-state index in [0.717, 1.165) is 45.0 Å². The highest BCUT2D eigenvalue weighted by molar-refractivity contribution is 6.22. The van der Waals surface area contributed by atoms with E-state index in [9.17, 15) is 0 Å². The fourth-order valence-corrected chi connectivity index (χ4v) is 7.49. The quantitative estimate of drug-likeness (QED) is 0.188. The van der Waals surface area contributed by atoms with Crippen molar-refractivity contribution >= 4 is 50.0 Å². The highest BCUT2D eigenvalue weighted by atomic mass is 15.1. The first kappa shape index (κ1) is 28.3. The second-order valence-electron chi connectivity index (χ2n) is 12.7. The van der Waals surface area contributed by atoms with E-state index in [1.54, 1.807) is 0 Å². The molecular weight excluding hydrogens is 609 g/mol. The summed E-state index contributed by atoms with van der Waals surface area (Å²) < 4.78 is 2.40. The molecule has 0 saturated carbocycles. The van der Waals surface area contributed by atoms with Gasteiger partial charge in [0.2, 0.25) is 0 Å². The van der Waals surface area contributed by atoms with Crippen molar-refractivity contribution in [3.05, 3.63) is 182 Å². The molecule has 4 nitrogen and oxygen atoms in total. The topological polar surface area (TPSA) is 34.0 Å². The predicted molar refractivity (Wildman–Crippen MR) is 208 cm³/mol. The third kappa shape index (κ3) is 4.54. The van der Waals surface area contributed by atoms with Crippen LogP contribution in [0, 0.1) is 0 Å². The predicted octanol–water partition coefficient (Wildman–Crippen LogP) is 11.9. The molecule has 0 saturated heterocycles. The van der Waals surface area contributed by atoms with Gasteiger partial charge in [0.05, 0.1) is 28.1 Å². The molecule has 3 heterocycles. The number of hydrogen-bond donors (Lipinski definition) is 0. The highest BCUT2D eigenvalue weighted by Gasteiger charge is 2.23. The molecule has 1 aliphatic heterocycles. The van der Waals surface area contributed by atoms with Crippen LogP contribution in [0.2, 0.25) is 0 Å². The first-order chi connectivity index (χ1) is 24.8. The number of benzene rings is 7. The van der Waals surface area contributed by atoms with Crippen molar-refractivity contribution in [2.24, 2.45) is 0 Å². The Morgan fingerprint density at radius 1 is 0.440 bits per heavy atom. The highest BCUT2D eigenvalue weighted by Crippen LogP contribution is 2.45. The van der Waals surface area contributed by atoms with Crippen molar-refractivity contribution in [1.29, 1.82) is 0 Å². The summed E-state index contributed by atoms with van der Waals surface area (Å²) in [4.78, 5) is 12.5. The van der Waals surface area contributed by atoms with E-state index in [2.05, 4.69) is 179 Å². The summed E-state index contributed by atoms with van der Waals surface area (Å²) in [5, 5.41) is 4.96. The fourth-order valence-electron chi connectivity index (χ4n) is 7.49. The zero-order chi connectivity index (χ0) is 33.0. The standard InChI is InChI=1S/C46H30N4/c1-4-14-31(15-5-1)39-30-40(32-16-6-2-7-17-32)48-46(47-39)34-19-12-22-36(28-34)50-41-24-11-10-23-37(41)45-38-26-27-49(35-20-8-3-9-21-35)42-25-13-18-33(44(38)42)29-43(45)50/h1-30H. The maximum atomic E-state index is 5.13. The van der Waals surface area contributed by atoms with Gasteiger partial charge in [0.15, 0.2) is 5.82 Å². The molecule has 10 rings (SSSR count). The first-order valence-electron chi connectivity index (χ1n) is 16.9. The van der Waals surface area contributed by atoms with Crippen molar-refractivity contribution < 1.29 is 0 Å². The van der Waals surface area contributed by atoms with Crippen LogP contribution in [0.15, 0.2) is 176 Å². The van der Waals surface area contributed by atoms with Gasteiger partial charge >= 0.3 is 0 Å². The number of para-hydroxylation sites is 2.